The number of rotatable bonds is 4. The lowest BCUT2D eigenvalue weighted by Gasteiger charge is -2.17. The third-order valence-corrected chi connectivity index (χ3v) is 2.75. The highest BCUT2D eigenvalue weighted by molar-refractivity contribution is 6.32. The van der Waals surface area contributed by atoms with Crippen molar-refractivity contribution in [3.8, 4) is 6.01 Å². The predicted molar refractivity (Wildman–Crippen MR) is 67.0 cm³/mol. The van der Waals surface area contributed by atoms with Gasteiger partial charge in [-0.2, -0.15) is 4.98 Å². The molecule has 1 aromatic rings. The van der Waals surface area contributed by atoms with E-state index >= 15 is 0 Å². The zero-order valence-corrected chi connectivity index (χ0v) is 11.3. The molecule has 1 N–H and O–H groups in total. The number of methoxy groups -OCH3 is 1. The molecule has 2 rings (SSSR count). The Morgan fingerprint density at radius 3 is 3.00 bits per heavy atom. The van der Waals surface area contributed by atoms with Crippen molar-refractivity contribution in [2.24, 2.45) is 0 Å². The fourth-order valence-electron chi connectivity index (χ4n) is 1.65. The Balaban J connectivity index is 1.94. The van der Waals surface area contributed by atoms with E-state index in [1.807, 2.05) is 13.8 Å². The molecule has 100 valence electrons. The monoisotopic (exact) mass is 273 g/mol. The van der Waals surface area contributed by atoms with Crippen molar-refractivity contribution in [3.05, 3.63) is 11.2 Å². The van der Waals surface area contributed by atoms with Gasteiger partial charge in [0.25, 0.3) is 0 Å². The van der Waals surface area contributed by atoms with Crippen molar-refractivity contribution in [3.63, 3.8) is 0 Å². The topological polar surface area (TPSA) is 65.5 Å². The van der Waals surface area contributed by atoms with Gasteiger partial charge in [-0.3, -0.25) is 0 Å². The molecule has 1 atom stereocenters. The third kappa shape index (κ3) is 3.22. The molecule has 1 aromatic heterocycles. The number of ether oxygens (including phenoxy) is 3. The number of anilines is 1. The molecule has 1 unspecified atom stereocenters. The Hall–Kier alpha value is -1.11. The summed E-state index contributed by atoms with van der Waals surface area (Å²) in [5, 5.41) is 3.54. The van der Waals surface area contributed by atoms with E-state index in [1.165, 1.54) is 13.3 Å². The lowest BCUT2D eigenvalue weighted by molar-refractivity contribution is -0.136. The molecule has 0 aromatic carbocycles. The number of hydrogen-bond donors (Lipinski definition) is 1. The molecule has 2 heterocycles. The second kappa shape index (κ2) is 5.26. The molecule has 0 saturated carbocycles. The molecule has 6 nitrogen and oxygen atoms in total. The second-order valence-corrected chi connectivity index (χ2v) is 4.79. The van der Waals surface area contributed by atoms with Crippen LogP contribution in [0.15, 0.2) is 6.20 Å². The summed E-state index contributed by atoms with van der Waals surface area (Å²) >= 11 is 5.98. The Bertz CT molecular complexity index is 428. The fraction of sp³-hybridized carbons (Fsp3) is 0.636. The van der Waals surface area contributed by atoms with Crippen LogP contribution in [0.1, 0.15) is 13.8 Å². The van der Waals surface area contributed by atoms with Gasteiger partial charge in [-0.1, -0.05) is 11.6 Å². The van der Waals surface area contributed by atoms with Crippen LogP contribution in [0.4, 0.5) is 5.82 Å². The first kappa shape index (κ1) is 13.3. The van der Waals surface area contributed by atoms with E-state index in [9.17, 15) is 0 Å². The summed E-state index contributed by atoms with van der Waals surface area (Å²) in [6.45, 7) is 4.87. The number of hydrogen-bond acceptors (Lipinski definition) is 6. The molecule has 1 saturated heterocycles. The summed E-state index contributed by atoms with van der Waals surface area (Å²) in [4.78, 5) is 8.01. The van der Waals surface area contributed by atoms with E-state index in [0.717, 1.165) is 0 Å². The standard InChI is InChI=1S/C11H16ClN3O3/c1-11(2)17-6-7(18-11)4-13-9-8(12)5-14-10(15-9)16-3/h5,7H,4,6H2,1-3H3,(H,13,14,15). The molecule has 0 aliphatic carbocycles. The van der Waals surface area contributed by atoms with Crippen molar-refractivity contribution in [2.75, 3.05) is 25.6 Å². The Labute approximate surface area is 111 Å². The van der Waals surface area contributed by atoms with E-state index in [-0.39, 0.29) is 12.1 Å². The van der Waals surface area contributed by atoms with Gasteiger partial charge in [0.05, 0.1) is 19.9 Å². The maximum atomic E-state index is 5.98. The van der Waals surface area contributed by atoms with Crippen LogP contribution >= 0.6 is 11.6 Å². The van der Waals surface area contributed by atoms with Crippen LogP contribution in [0.25, 0.3) is 0 Å². The van der Waals surface area contributed by atoms with Gasteiger partial charge in [-0.15, -0.1) is 0 Å². The first-order valence-corrected chi connectivity index (χ1v) is 6.00. The van der Waals surface area contributed by atoms with Gasteiger partial charge < -0.3 is 19.5 Å². The van der Waals surface area contributed by atoms with Crippen LogP contribution < -0.4 is 10.1 Å². The molecule has 0 radical (unpaired) electrons. The largest absolute Gasteiger partial charge is 0.467 e. The van der Waals surface area contributed by atoms with Crippen LogP contribution in [0.5, 0.6) is 6.01 Å². The van der Waals surface area contributed by atoms with Gasteiger partial charge in [-0.05, 0) is 13.8 Å². The van der Waals surface area contributed by atoms with Gasteiger partial charge in [0.15, 0.2) is 11.6 Å². The smallest absolute Gasteiger partial charge is 0.318 e. The van der Waals surface area contributed by atoms with Crippen molar-refractivity contribution < 1.29 is 14.2 Å². The molecule has 1 fully saturated rings. The summed E-state index contributed by atoms with van der Waals surface area (Å²) in [7, 11) is 1.50. The van der Waals surface area contributed by atoms with E-state index in [4.69, 9.17) is 25.8 Å². The minimum atomic E-state index is -0.528. The molecule has 0 spiro atoms. The number of halogens is 1. The average Bonchev–Trinajstić information content (AvgIpc) is 2.68. The van der Waals surface area contributed by atoms with Crippen LogP contribution in [-0.2, 0) is 9.47 Å². The molecule has 18 heavy (non-hydrogen) atoms. The van der Waals surface area contributed by atoms with E-state index in [2.05, 4.69) is 15.3 Å². The van der Waals surface area contributed by atoms with Crippen LogP contribution in [0.3, 0.4) is 0 Å². The zero-order chi connectivity index (χ0) is 13.2. The Morgan fingerprint density at radius 2 is 2.39 bits per heavy atom. The maximum Gasteiger partial charge on any atom is 0.318 e. The van der Waals surface area contributed by atoms with Gasteiger partial charge in [0, 0.05) is 6.54 Å². The van der Waals surface area contributed by atoms with E-state index < -0.39 is 5.79 Å². The maximum absolute atomic E-state index is 5.98. The Morgan fingerprint density at radius 1 is 1.61 bits per heavy atom. The minimum Gasteiger partial charge on any atom is -0.467 e. The summed E-state index contributed by atoms with van der Waals surface area (Å²) in [5.74, 6) is -0.00343. The highest BCUT2D eigenvalue weighted by atomic mass is 35.5. The minimum absolute atomic E-state index is 0.0305. The van der Waals surface area contributed by atoms with Crippen molar-refractivity contribution in [2.45, 2.75) is 25.7 Å². The normalized spacial score (nSPS) is 21.9. The highest BCUT2D eigenvalue weighted by Crippen LogP contribution is 2.24. The van der Waals surface area contributed by atoms with E-state index in [0.29, 0.717) is 24.0 Å². The first-order chi connectivity index (χ1) is 8.50. The third-order valence-electron chi connectivity index (χ3n) is 2.47. The van der Waals surface area contributed by atoms with Gasteiger partial charge in [-0.25, -0.2) is 4.98 Å². The van der Waals surface area contributed by atoms with Crippen LogP contribution in [-0.4, -0.2) is 42.1 Å². The molecule has 7 heteroatoms. The van der Waals surface area contributed by atoms with E-state index in [1.54, 1.807) is 0 Å². The van der Waals surface area contributed by atoms with Crippen molar-refractivity contribution in [1.29, 1.82) is 0 Å². The predicted octanol–water partition coefficient (Wildman–Crippen LogP) is 1.70. The molecular formula is C11H16ClN3O3. The Kier molecular flexibility index (Phi) is 3.89. The fourth-order valence-corrected chi connectivity index (χ4v) is 1.81. The summed E-state index contributed by atoms with van der Waals surface area (Å²) < 4.78 is 16.1. The number of nitrogens with one attached hydrogen (secondary N) is 1. The molecule has 1 aliphatic rings. The molecule has 0 amide bonds. The molecule has 1 aliphatic heterocycles. The average molecular weight is 274 g/mol. The molecular weight excluding hydrogens is 258 g/mol. The van der Waals surface area contributed by atoms with Crippen molar-refractivity contribution >= 4 is 17.4 Å². The number of aromatic nitrogens is 2. The zero-order valence-electron chi connectivity index (χ0n) is 10.6. The second-order valence-electron chi connectivity index (χ2n) is 4.38. The highest BCUT2D eigenvalue weighted by Gasteiger charge is 2.32. The van der Waals surface area contributed by atoms with Crippen LogP contribution in [0.2, 0.25) is 5.02 Å². The lowest BCUT2D eigenvalue weighted by atomic mass is 10.3. The van der Waals surface area contributed by atoms with Gasteiger partial charge in [0.2, 0.25) is 0 Å². The van der Waals surface area contributed by atoms with Crippen LogP contribution in [0, 0.1) is 0 Å². The lowest BCUT2D eigenvalue weighted by Crippen LogP contribution is -2.26. The summed E-state index contributed by atoms with van der Waals surface area (Å²) in [5.41, 5.74) is 0. The summed E-state index contributed by atoms with van der Waals surface area (Å²) in [6.07, 6.45) is 1.46. The first-order valence-electron chi connectivity index (χ1n) is 5.62. The SMILES string of the molecule is COc1ncc(Cl)c(NCC2COC(C)(C)O2)n1. The van der Waals surface area contributed by atoms with Gasteiger partial charge >= 0.3 is 6.01 Å². The molecule has 0 bridgehead atoms. The van der Waals surface area contributed by atoms with Crippen molar-refractivity contribution in [1.82, 2.24) is 9.97 Å². The number of nitrogens with zero attached hydrogens (tertiary/aromatic N) is 2. The van der Waals surface area contributed by atoms with Gasteiger partial charge in [0.1, 0.15) is 11.1 Å². The summed E-state index contributed by atoms with van der Waals surface area (Å²) in [6, 6.07) is 0.269. The quantitative estimate of drug-likeness (QED) is 0.901.